The number of carbonyl (C=O) groups excluding carboxylic acids is 1. The number of carbonyl (C=O) groups is 1. The van der Waals surface area contributed by atoms with Crippen LogP contribution in [0.25, 0.3) is 0 Å². The highest BCUT2D eigenvalue weighted by molar-refractivity contribution is 7.89. The second kappa shape index (κ2) is 5.45. The zero-order chi connectivity index (χ0) is 14.8. The summed E-state index contributed by atoms with van der Waals surface area (Å²) in [5.41, 5.74) is 0.741. The zero-order valence-electron chi connectivity index (χ0n) is 10.8. The molecule has 0 radical (unpaired) electrons. The van der Waals surface area contributed by atoms with Crippen LogP contribution in [0, 0.1) is 24.0 Å². The molecule has 0 saturated carbocycles. The van der Waals surface area contributed by atoms with Crippen molar-refractivity contribution < 1.29 is 18.1 Å². The number of nitrogens with one attached hydrogen (secondary N) is 1. The minimum atomic E-state index is -4.08. The standard InChI is InChI=1S/C11H14N2O5S/c1-7-4-10(13(15)16)11(5-8(7)2)19(17,18)12-6-9(3)14/h4-5,12H,6H2,1-3H3. The number of hydrogen-bond acceptors (Lipinski definition) is 5. The van der Waals surface area contributed by atoms with Gasteiger partial charge in [-0.1, -0.05) is 0 Å². The summed E-state index contributed by atoms with van der Waals surface area (Å²) >= 11 is 0. The Morgan fingerprint density at radius 3 is 2.32 bits per heavy atom. The molecule has 0 fully saturated rings. The molecular weight excluding hydrogens is 272 g/mol. The first-order valence-electron chi connectivity index (χ1n) is 5.40. The average molecular weight is 286 g/mol. The molecule has 0 spiro atoms. The highest BCUT2D eigenvalue weighted by Crippen LogP contribution is 2.26. The molecule has 0 aromatic heterocycles. The number of rotatable bonds is 5. The number of ketones is 1. The Hall–Kier alpha value is -1.80. The van der Waals surface area contributed by atoms with Gasteiger partial charge in [0.05, 0.1) is 11.5 Å². The maximum absolute atomic E-state index is 12.0. The first-order valence-corrected chi connectivity index (χ1v) is 6.88. The van der Waals surface area contributed by atoms with Gasteiger partial charge < -0.3 is 0 Å². The second-order valence-electron chi connectivity index (χ2n) is 4.19. The summed E-state index contributed by atoms with van der Waals surface area (Å²) in [7, 11) is -4.08. The predicted molar refractivity (Wildman–Crippen MR) is 68.4 cm³/mol. The van der Waals surface area contributed by atoms with Gasteiger partial charge in [-0.05, 0) is 38.0 Å². The fourth-order valence-corrected chi connectivity index (χ4v) is 2.70. The summed E-state index contributed by atoms with van der Waals surface area (Å²) in [4.78, 5) is 20.5. The molecule has 1 aromatic rings. The van der Waals surface area contributed by atoms with Gasteiger partial charge in [0.15, 0.2) is 4.90 Å². The zero-order valence-corrected chi connectivity index (χ0v) is 11.6. The smallest absolute Gasteiger partial charge is 0.289 e. The van der Waals surface area contributed by atoms with Crippen molar-refractivity contribution in [1.82, 2.24) is 4.72 Å². The number of aryl methyl sites for hydroxylation is 2. The summed E-state index contributed by atoms with van der Waals surface area (Å²) in [6, 6.07) is 2.44. The lowest BCUT2D eigenvalue weighted by molar-refractivity contribution is -0.387. The lowest BCUT2D eigenvalue weighted by Gasteiger charge is -2.08. The third-order valence-corrected chi connectivity index (χ3v) is 4.00. The molecule has 0 heterocycles. The van der Waals surface area contributed by atoms with Gasteiger partial charge in [-0.15, -0.1) is 0 Å². The molecule has 0 atom stereocenters. The molecule has 1 aromatic carbocycles. The van der Waals surface area contributed by atoms with Crippen LogP contribution in [0.2, 0.25) is 0 Å². The monoisotopic (exact) mass is 286 g/mol. The summed E-state index contributed by atoms with van der Waals surface area (Å²) in [6.07, 6.45) is 0. The number of hydrogen-bond donors (Lipinski definition) is 1. The predicted octanol–water partition coefficient (Wildman–Crippen LogP) is 1.08. The van der Waals surface area contributed by atoms with Crippen molar-refractivity contribution in [2.75, 3.05) is 6.54 Å². The van der Waals surface area contributed by atoms with Crippen molar-refractivity contribution in [2.24, 2.45) is 0 Å². The van der Waals surface area contributed by atoms with Crippen molar-refractivity contribution in [1.29, 1.82) is 0 Å². The first-order chi connectivity index (χ1) is 8.65. The van der Waals surface area contributed by atoms with Gasteiger partial charge in [-0.2, -0.15) is 0 Å². The molecule has 0 aliphatic carbocycles. The van der Waals surface area contributed by atoms with E-state index in [0.717, 1.165) is 0 Å². The molecule has 1 rings (SSSR count). The molecule has 0 unspecified atom stereocenters. The van der Waals surface area contributed by atoms with Crippen LogP contribution in [0.15, 0.2) is 17.0 Å². The van der Waals surface area contributed by atoms with E-state index >= 15 is 0 Å². The van der Waals surface area contributed by atoms with Crippen LogP contribution in [0.1, 0.15) is 18.1 Å². The normalized spacial score (nSPS) is 11.3. The van der Waals surface area contributed by atoms with E-state index < -0.39 is 32.1 Å². The fraction of sp³-hybridized carbons (Fsp3) is 0.364. The Kier molecular flexibility index (Phi) is 4.38. The van der Waals surface area contributed by atoms with Crippen LogP contribution >= 0.6 is 0 Å². The van der Waals surface area contributed by atoms with Gasteiger partial charge >= 0.3 is 0 Å². The summed E-state index contributed by atoms with van der Waals surface area (Å²) in [6.45, 7) is 4.13. The summed E-state index contributed by atoms with van der Waals surface area (Å²) in [5.74, 6) is -0.380. The van der Waals surface area contributed by atoms with Gasteiger partial charge in [0.2, 0.25) is 10.0 Å². The van der Waals surface area contributed by atoms with Gasteiger partial charge in [0.25, 0.3) is 5.69 Å². The largest absolute Gasteiger partial charge is 0.299 e. The first kappa shape index (κ1) is 15.3. The quantitative estimate of drug-likeness (QED) is 0.644. The van der Waals surface area contributed by atoms with Crippen molar-refractivity contribution in [2.45, 2.75) is 25.7 Å². The summed E-state index contributed by atoms with van der Waals surface area (Å²) in [5, 5.41) is 10.9. The van der Waals surface area contributed by atoms with Crippen molar-refractivity contribution in [3.05, 3.63) is 33.4 Å². The Labute approximate surface area is 110 Å². The minimum Gasteiger partial charge on any atom is -0.299 e. The van der Waals surface area contributed by atoms with E-state index in [1.807, 2.05) is 4.72 Å². The Morgan fingerprint density at radius 1 is 1.32 bits per heavy atom. The van der Waals surface area contributed by atoms with Gasteiger partial charge in [-0.25, -0.2) is 13.1 Å². The Balaban J connectivity index is 3.36. The maximum atomic E-state index is 12.0. The van der Waals surface area contributed by atoms with E-state index in [1.54, 1.807) is 13.8 Å². The molecule has 0 saturated heterocycles. The molecule has 0 aliphatic heterocycles. The Bertz CT molecular complexity index is 637. The maximum Gasteiger partial charge on any atom is 0.289 e. The van der Waals surface area contributed by atoms with Crippen LogP contribution in [0.3, 0.4) is 0 Å². The SMILES string of the molecule is CC(=O)CNS(=O)(=O)c1cc(C)c(C)cc1[N+](=O)[O-]. The average Bonchev–Trinajstić information content (AvgIpc) is 2.29. The van der Waals surface area contributed by atoms with E-state index in [4.69, 9.17) is 0 Å². The summed E-state index contributed by atoms with van der Waals surface area (Å²) < 4.78 is 26.0. The molecule has 104 valence electrons. The highest BCUT2D eigenvalue weighted by atomic mass is 32.2. The topological polar surface area (TPSA) is 106 Å². The lowest BCUT2D eigenvalue weighted by atomic mass is 10.1. The third kappa shape index (κ3) is 3.58. The van der Waals surface area contributed by atoms with Crippen molar-refractivity contribution in [3.8, 4) is 0 Å². The molecule has 0 aliphatic rings. The van der Waals surface area contributed by atoms with Crippen LogP contribution < -0.4 is 4.72 Å². The van der Waals surface area contributed by atoms with E-state index in [2.05, 4.69) is 0 Å². The molecule has 0 amide bonds. The van der Waals surface area contributed by atoms with Gasteiger partial charge in [0.1, 0.15) is 5.78 Å². The fourth-order valence-electron chi connectivity index (χ4n) is 1.41. The van der Waals surface area contributed by atoms with Crippen molar-refractivity contribution in [3.63, 3.8) is 0 Å². The van der Waals surface area contributed by atoms with Gasteiger partial charge in [0, 0.05) is 6.07 Å². The molecule has 0 bridgehead atoms. The molecule has 7 nitrogen and oxygen atoms in total. The number of nitro groups is 1. The number of nitrogens with zero attached hydrogens (tertiary/aromatic N) is 1. The number of Topliss-reactive ketones (excluding diaryl/α,β-unsaturated/α-hetero) is 1. The number of nitro benzene ring substituents is 1. The third-order valence-electron chi connectivity index (χ3n) is 2.57. The van der Waals surface area contributed by atoms with E-state index in [9.17, 15) is 23.3 Å². The minimum absolute atomic E-state index is 0.380. The van der Waals surface area contributed by atoms with E-state index in [-0.39, 0.29) is 5.78 Å². The van der Waals surface area contributed by atoms with Crippen LogP contribution in [-0.4, -0.2) is 25.7 Å². The van der Waals surface area contributed by atoms with Crippen molar-refractivity contribution >= 4 is 21.5 Å². The van der Waals surface area contributed by atoms with E-state index in [0.29, 0.717) is 11.1 Å². The van der Waals surface area contributed by atoms with E-state index in [1.165, 1.54) is 19.1 Å². The second-order valence-corrected chi connectivity index (χ2v) is 5.92. The molecule has 19 heavy (non-hydrogen) atoms. The van der Waals surface area contributed by atoms with Gasteiger partial charge in [-0.3, -0.25) is 14.9 Å². The van der Waals surface area contributed by atoms with Crippen LogP contribution in [0.4, 0.5) is 5.69 Å². The Morgan fingerprint density at radius 2 is 1.84 bits per heavy atom. The van der Waals surface area contributed by atoms with Crippen LogP contribution in [0.5, 0.6) is 0 Å². The molecule has 8 heteroatoms. The highest BCUT2D eigenvalue weighted by Gasteiger charge is 2.26. The lowest BCUT2D eigenvalue weighted by Crippen LogP contribution is -2.29. The number of sulfonamides is 1. The number of benzene rings is 1. The van der Waals surface area contributed by atoms with Crippen LogP contribution in [-0.2, 0) is 14.8 Å². The molecular formula is C11H14N2O5S. The molecule has 1 N–H and O–H groups in total.